The van der Waals surface area contributed by atoms with Crippen molar-refractivity contribution in [2.75, 3.05) is 7.11 Å². The molecule has 22 heavy (non-hydrogen) atoms. The molecule has 0 saturated heterocycles. The molecule has 0 radical (unpaired) electrons. The van der Waals surface area contributed by atoms with Crippen LogP contribution in [0.3, 0.4) is 0 Å². The SMILES string of the molecule is C=C[C@@H]1[C@@H](c2ccc(OC)cc2)[C@H](O)C[C@]2(C)C(=O)CC[C@@H]12. The molecular weight excluding hydrogens is 276 g/mol. The molecule has 0 aliphatic heterocycles. The average molecular weight is 300 g/mol. The summed E-state index contributed by atoms with van der Waals surface area (Å²) in [5, 5.41) is 10.7. The number of ether oxygens (including phenoxy) is 1. The van der Waals surface area contributed by atoms with Crippen molar-refractivity contribution in [1.82, 2.24) is 0 Å². The topological polar surface area (TPSA) is 46.5 Å². The normalized spacial score (nSPS) is 37.7. The number of hydrogen-bond donors (Lipinski definition) is 1. The molecular formula is C19H24O3. The first kappa shape index (κ1) is 15.3. The largest absolute Gasteiger partial charge is 0.497 e. The van der Waals surface area contributed by atoms with Gasteiger partial charge in [0.05, 0.1) is 13.2 Å². The van der Waals surface area contributed by atoms with Gasteiger partial charge in [-0.05, 0) is 42.4 Å². The number of allylic oxidation sites excluding steroid dienone is 1. The van der Waals surface area contributed by atoms with E-state index in [1.807, 2.05) is 37.3 Å². The molecule has 0 spiro atoms. The average Bonchev–Trinajstić information content (AvgIpc) is 2.81. The quantitative estimate of drug-likeness (QED) is 0.871. The fourth-order valence-electron chi connectivity index (χ4n) is 4.63. The Balaban J connectivity index is 1.97. The molecule has 1 aromatic carbocycles. The molecule has 2 saturated carbocycles. The number of methoxy groups -OCH3 is 1. The van der Waals surface area contributed by atoms with E-state index in [1.165, 1.54) is 0 Å². The van der Waals surface area contributed by atoms with Crippen molar-refractivity contribution >= 4 is 5.78 Å². The number of aliphatic hydroxyl groups excluding tert-OH is 1. The fourth-order valence-corrected chi connectivity index (χ4v) is 4.63. The predicted octanol–water partition coefficient (Wildman–Crippen LogP) is 3.33. The summed E-state index contributed by atoms with van der Waals surface area (Å²) in [6.45, 7) is 6.02. The third-order valence-electron chi connectivity index (χ3n) is 5.84. The highest BCUT2D eigenvalue weighted by Crippen LogP contribution is 2.57. The molecule has 2 aliphatic carbocycles. The van der Waals surface area contributed by atoms with Crippen molar-refractivity contribution in [2.45, 2.75) is 38.2 Å². The van der Waals surface area contributed by atoms with E-state index >= 15 is 0 Å². The van der Waals surface area contributed by atoms with Crippen molar-refractivity contribution in [1.29, 1.82) is 0 Å². The van der Waals surface area contributed by atoms with E-state index < -0.39 is 6.10 Å². The number of fused-ring (bicyclic) bond motifs is 1. The molecule has 5 atom stereocenters. The zero-order chi connectivity index (χ0) is 15.9. The maximum absolute atomic E-state index is 12.3. The minimum absolute atomic E-state index is 0.00683. The van der Waals surface area contributed by atoms with Gasteiger partial charge in [-0.1, -0.05) is 25.1 Å². The molecule has 3 heteroatoms. The second-order valence-electron chi connectivity index (χ2n) is 6.87. The first-order valence-corrected chi connectivity index (χ1v) is 7.99. The molecule has 1 aromatic rings. The van der Waals surface area contributed by atoms with Crippen LogP contribution in [0.5, 0.6) is 5.75 Å². The zero-order valence-corrected chi connectivity index (χ0v) is 13.3. The van der Waals surface area contributed by atoms with Gasteiger partial charge in [-0.3, -0.25) is 4.79 Å². The second kappa shape index (κ2) is 5.54. The number of carbonyl (C=O) groups excluding carboxylic acids is 1. The lowest BCUT2D eigenvalue weighted by Gasteiger charge is -2.47. The number of ketones is 1. The van der Waals surface area contributed by atoms with Gasteiger partial charge >= 0.3 is 0 Å². The van der Waals surface area contributed by atoms with Gasteiger partial charge in [0.2, 0.25) is 0 Å². The number of rotatable bonds is 3. The van der Waals surface area contributed by atoms with Crippen LogP contribution in [-0.4, -0.2) is 24.1 Å². The van der Waals surface area contributed by atoms with Gasteiger partial charge in [-0.25, -0.2) is 0 Å². The van der Waals surface area contributed by atoms with Crippen molar-refractivity contribution in [3.8, 4) is 5.75 Å². The van der Waals surface area contributed by atoms with Crippen molar-refractivity contribution in [3.05, 3.63) is 42.5 Å². The first-order chi connectivity index (χ1) is 10.5. The Labute approximate surface area is 132 Å². The molecule has 0 heterocycles. The van der Waals surface area contributed by atoms with Gasteiger partial charge in [-0.2, -0.15) is 0 Å². The van der Waals surface area contributed by atoms with Crippen LogP contribution >= 0.6 is 0 Å². The highest BCUT2D eigenvalue weighted by atomic mass is 16.5. The fraction of sp³-hybridized carbons (Fsp3) is 0.526. The summed E-state index contributed by atoms with van der Waals surface area (Å²) in [4.78, 5) is 12.3. The Hall–Kier alpha value is -1.61. The molecule has 3 rings (SSSR count). The third-order valence-corrected chi connectivity index (χ3v) is 5.84. The Morgan fingerprint density at radius 1 is 1.36 bits per heavy atom. The molecule has 0 unspecified atom stereocenters. The van der Waals surface area contributed by atoms with Crippen LogP contribution in [-0.2, 0) is 4.79 Å². The van der Waals surface area contributed by atoms with E-state index in [9.17, 15) is 9.90 Å². The molecule has 118 valence electrons. The van der Waals surface area contributed by atoms with Crippen LogP contribution in [0.2, 0.25) is 0 Å². The number of aliphatic hydroxyl groups is 1. The van der Waals surface area contributed by atoms with Crippen LogP contribution in [0.1, 0.15) is 37.7 Å². The van der Waals surface area contributed by atoms with Crippen molar-refractivity contribution < 1.29 is 14.6 Å². The molecule has 0 bridgehead atoms. The van der Waals surface area contributed by atoms with E-state index in [0.29, 0.717) is 18.6 Å². The maximum atomic E-state index is 12.3. The van der Waals surface area contributed by atoms with Crippen LogP contribution in [0, 0.1) is 17.3 Å². The highest BCUT2D eigenvalue weighted by molar-refractivity contribution is 5.87. The maximum Gasteiger partial charge on any atom is 0.139 e. The standard InChI is InChI=1S/C19H24O3/c1-4-14-15-9-10-17(21)19(15,2)11-16(20)18(14)12-5-7-13(22-3)8-6-12/h4-8,14-16,18,20H,1,9-11H2,2-3H3/t14-,15-,16+,18+,19-/m0/s1. The zero-order valence-electron chi connectivity index (χ0n) is 13.3. The summed E-state index contributed by atoms with van der Waals surface area (Å²) >= 11 is 0. The Morgan fingerprint density at radius 3 is 2.64 bits per heavy atom. The molecule has 2 aliphatic rings. The second-order valence-corrected chi connectivity index (χ2v) is 6.87. The highest BCUT2D eigenvalue weighted by Gasteiger charge is 2.55. The lowest BCUT2D eigenvalue weighted by Crippen LogP contribution is -2.46. The lowest BCUT2D eigenvalue weighted by atomic mass is 9.58. The molecule has 0 aromatic heterocycles. The molecule has 1 N–H and O–H groups in total. The smallest absolute Gasteiger partial charge is 0.139 e. The van der Waals surface area contributed by atoms with E-state index in [2.05, 4.69) is 6.58 Å². The number of Topliss-reactive ketones (excluding diaryl/α,β-unsaturated/α-hetero) is 1. The third kappa shape index (κ3) is 2.19. The van der Waals surface area contributed by atoms with Crippen LogP contribution < -0.4 is 4.74 Å². The predicted molar refractivity (Wildman–Crippen MR) is 85.9 cm³/mol. The number of carbonyl (C=O) groups is 1. The van der Waals surface area contributed by atoms with Gasteiger partial charge in [0, 0.05) is 17.8 Å². The van der Waals surface area contributed by atoms with E-state index in [1.54, 1.807) is 7.11 Å². The van der Waals surface area contributed by atoms with Crippen molar-refractivity contribution in [2.24, 2.45) is 17.3 Å². The summed E-state index contributed by atoms with van der Waals surface area (Å²) in [5.74, 6) is 1.54. The summed E-state index contributed by atoms with van der Waals surface area (Å²) in [7, 11) is 1.65. The molecule has 2 fully saturated rings. The molecule has 3 nitrogen and oxygen atoms in total. The Bertz CT molecular complexity index is 577. The monoisotopic (exact) mass is 300 g/mol. The van der Waals surface area contributed by atoms with Crippen molar-refractivity contribution in [3.63, 3.8) is 0 Å². The van der Waals surface area contributed by atoms with Gasteiger partial charge in [0.15, 0.2) is 0 Å². The van der Waals surface area contributed by atoms with Crippen LogP contribution in [0.4, 0.5) is 0 Å². The van der Waals surface area contributed by atoms with Gasteiger partial charge in [-0.15, -0.1) is 6.58 Å². The lowest BCUT2D eigenvalue weighted by molar-refractivity contribution is -0.132. The summed E-state index contributed by atoms with van der Waals surface area (Å²) in [6.07, 6.45) is 3.52. The Morgan fingerprint density at radius 2 is 2.05 bits per heavy atom. The minimum Gasteiger partial charge on any atom is -0.497 e. The van der Waals surface area contributed by atoms with Gasteiger partial charge in [0.1, 0.15) is 11.5 Å². The van der Waals surface area contributed by atoms with Crippen LogP contribution in [0.15, 0.2) is 36.9 Å². The summed E-state index contributed by atoms with van der Waals surface area (Å²) in [6, 6.07) is 7.89. The van der Waals surface area contributed by atoms with Crippen LogP contribution in [0.25, 0.3) is 0 Å². The number of benzene rings is 1. The first-order valence-electron chi connectivity index (χ1n) is 7.99. The number of hydrogen-bond acceptors (Lipinski definition) is 3. The Kier molecular flexibility index (Phi) is 3.85. The summed E-state index contributed by atoms with van der Waals surface area (Å²) < 4.78 is 5.21. The van der Waals surface area contributed by atoms with Gasteiger partial charge in [0.25, 0.3) is 0 Å². The van der Waals surface area contributed by atoms with E-state index in [4.69, 9.17) is 4.74 Å². The summed E-state index contributed by atoms with van der Waals surface area (Å²) in [5.41, 5.74) is 0.709. The van der Waals surface area contributed by atoms with Gasteiger partial charge < -0.3 is 9.84 Å². The minimum atomic E-state index is -0.514. The molecule has 0 amide bonds. The van der Waals surface area contributed by atoms with E-state index in [0.717, 1.165) is 17.7 Å². The van der Waals surface area contributed by atoms with E-state index in [-0.39, 0.29) is 23.2 Å².